The molecule has 1 N–H and O–H groups in total. The minimum atomic E-state index is -0.764. The Kier molecular flexibility index (Phi) is 4.19. The Labute approximate surface area is 115 Å². The van der Waals surface area contributed by atoms with Gasteiger partial charge in [-0.15, -0.1) is 0 Å². The second-order valence-electron chi connectivity index (χ2n) is 4.38. The van der Waals surface area contributed by atoms with Crippen LogP contribution in [-0.2, 0) is 18.4 Å². The first-order valence-electron chi connectivity index (χ1n) is 5.73. The molecule has 1 saturated heterocycles. The van der Waals surface area contributed by atoms with Gasteiger partial charge in [0.2, 0.25) is 0 Å². The fraction of sp³-hybridized carbons (Fsp3) is 0.636. The van der Waals surface area contributed by atoms with Crippen LogP contribution >= 0.6 is 23.4 Å². The Balaban J connectivity index is 2.18. The number of aromatic nitrogens is 2. The standard InChI is InChI=1S/C11H16ClN3O2S/c1-7-8(10(12)14(2)13-7)5-15-3-4-18-6-9(15)11(16)17/h9H,3-6H2,1-2H3,(H,16,17). The molecule has 0 aromatic carbocycles. The zero-order valence-corrected chi connectivity index (χ0v) is 12.0. The van der Waals surface area contributed by atoms with E-state index in [1.54, 1.807) is 23.5 Å². The van der Waals surface area contributed by atoms with Crippen molar-refractivity contribution in [3.63, 3.8) is 0 Å². The summed E-state index contributed by atoms with van der Waals surface area (Å²) in [7, 11) is 1.79. The third kappa shape index (κ3) is 2.65. The van der Waals surface area contributed by atoms with Crippen molar-refractivity contribution in [2.45, 2.75) is 19.5 Å². The quantitative estimate of drug-likeness (QED) is 0.911. The maximum Gasteiger partial charge on any atom is 0.321 e. The Hall–Kier alpha value is -0.720. The highest BCUT2D eigenvalue weighted by Gasteiger charge is 2.30. The van der Waals surface area contributed by atoms with Gasteiger partial charge in [-0.25, -0.2) is 0 Å². The van der Waals surface area contributed by atoms with Gasteiger partial charge in [-0.1, -0.05) is 11.6 Å². The molecule has 0 aliphatic carbocycles. The third-order valence-electron chi connectivity index (χ3n) is 3.16. The molecule has 1 atom stereocenters. The molecule has 1 fully saturated rings. The molecule has 2 heterocycles. The number of carboxylic acid groups (broad SMARTS) is 1. The number of hydrogen-bond donors (Lipinski definition) is 1. The lowest BCUT2D eigenvalue weighted by Gasteiger charge is -2.32. The van der Waals surface area contributed by atoms with Gasteiger partial charge in [0, 0.05) is 37.2 Å². The van der Waals surface area contributed by atoms with Gasteiger partial charge in [0.25, 0.3) is 0 Å². The molecule has 1 aliphatic heterocycles. The molecule has 0 bridgehead atoms. The first-order chi connectivity index (χ1) is 8.50. The third-order valence-corrected chi connectivity index (χ3v) is 4.65. The fourth-order valence-electron chi connectivity index (χ4n) is 2.11. The molecule has 1 aliphatic rings. The van der Waals surface area contributed by atoms with E-state index in [4.69, 9.17) is 11.6 Å². The van der Waals surface area contributed by atoms with Gasteiger partial charge in [-0.3, -0.25) is 14.4 Å². The number of carboxylic acids is 1. The highest BCUT2D eigenvalue weighted by molar-refractivity contribution is 7.99. The van der Waals surface area contributed by atoms with Crippen LogP contribution in [0.15, 0.2) is 0 Å². The molecule has 0 saturated carbocycles. The van der Waals surface area contributed by atoms with Gasteiger partial charge in [0.15, 0.2) is 0 Å². The van der Waals surface area contributed by atoms with E-state index in [-0.39, 0.29) is 0 Å². The normalized spacial score (nSPS) is 21.2. The summed E-state index contributed by atoms with van der Waals surface area (Å²) in [4.78, 5) is 13.2. The largest absolute Gasteiger partial charge is 0.480 e. The highest BCUT2D eigenvalue weighted by Crippen LogP contribution is 2.24. The molecule has 100 valence electrons. The van der Waals surface area contributed by atoms with Crippen LogP contribution in [0.1, 0.15) is 11.3 Å². The molecule has 2 rings (SSSR count). The van der Waals surface area contributed by atoms with Gasteiger partial charge >= 0.3 is 5.97 Å². The van der Waals surface area contributed by atoms with Crippen LogP contribution in [-0.4, -0.2) is 49.8 Å². The van der Waals surface area contributed by atoms with Crippen molar-refractivity contribution in [1.82, 2.24) is 14.7 Å². The number of carbonyl (C=O) groups is 1. The number of thioether (sulfide) groups is 1. The van der Waals surface area contributed by atoms with E-state index in [2.05, 4.69) is 5.10 Å². The number of rotatable bonds is 3. The molecule has 1 aromatic rings. The molecule has 1 unspecified atom stereocenters. The van der Waals surface area contributed by atoms with E-state index in [0.29, 0.717) is 17.5 Å². The monoisotopic (exact) mass is 289 g/mol. The van der Waals surface area contributed by atoms with Crippen molar-refractivity contribution in [3.05, 3.63) is 16.4 Å². The molecule has 0 radical (unpaired) electrons. The van der Waals surface area contributed by atoms with Gasteiger partial charge < -0.3 is 5.11 Å². The van der Waals surface area contributed by atoms with Crippen molar-refractivity contribution >= 4 is 29.3 Å². The number of aliphatic carboxylic acids is 1. The zero-order valence-electron chi connectivity index (χ0n) is 10.4. The lowest BCUT2D eigenvalue weighted by Crippen LogP contribution is -2.46. The summed E-state index contributed by atoms with van der Waals surface area (Å²) in [6.45, 7) is 3.22. The Morgan fingerprint density at radius 3 is 2.94 bits per heavy atom. The van der Waals surface area contributed by atoms with Gasteiger partial charge in [0.1, 0.15) is 11.2 Å². The van der Waals surface area contributed by atoms with Crippen LogP contribution in [0.3, 0.4) is 0 Å². The number of nitrogens with zero attached hydrogens (tertiary/aromatic N) is 3. The predicted molar refractivity (Wildman–Crippen MR) is 72.1 cm³/mol. The summed E-state index contributed by atoms with van der Waals surface area (Å²) in [5.41, 5.74) is 1.79. The Morgan fingerprint density at radius 1 is 1.67 bits per heavy atom. The topological polar surface area (TPSA) is 58.4 Å². The van der Waals surface area contributed by atoms with E-state index in [9.17, 15) is 9.90 Å². The van der Waals surface area contributed by atoms with Crippen LogP contribution in [0.4, 0.5) is 0 Å². The molecular formula is C11H16ClN3O2S. The molecule has 5 nitrogen and oxygen atoms in total. The predicted octanol–water partition coefficient (Wildman–Crippen LogP) is 1.38. The van der Waals surface area contributed by atoms with Crippen LogP contribution in [0.5, 0.6) is 0 Å². The second-order valence-corrected chi connectivity index (χ2v) is 5.89. The van der Waals surface area contributed by atoms with E-state index >= 15 is 0 Å². The van der Waals surface area contributed by atoms with Gasteiger partial charge in [0.05, 0.1) is 5.69 Å². The van der Waals surface area contributed by atoms with Crippen molar-refractivity contribution in [1.29, 1.82) is 0 Å². The molecular weight excluding hydrogens is 274 g/mol. The average Bonchev–Trinajstić information content (AvgIpc) is 2.56. The summed E-state index contributed by atoms with van der Waals surface area (Å²) in [5, 5.41) is 14.1. The lowest BCUT2D eigenvalue weighted by molar-refractivity contribution is -0.142. The van der Waals surface area contributed by atoms with Gasteiger partial charge in [-0.05, 0) is 6.92 Å². The Morgan fingerprint density at radius 2 is 2.39 bits per heavy atom. The van der Waals surface area contributed by atoms with Crippen LogP contribution < -0.4 is 0 Å². The van der Waals surface area contributed by atoms with Crippen molar-refractivity contribution in [3.8, 4) is 0 Å². The number of aryl methyl sites for hydroxylation is 2. The number of halogens is 1. The maximum atomic E-state index is 11.2. The second kappa shape index (κ2) is 5.50. The summed E-state index contributed by atoms with van der Waals surface area (Å²) in [6, 6.07) is -0.431. The molecule has 1 aromatic heterocycles. The maximum absolute atomic E-state index is 11.2. The number of hydrogen-bond acceptors (Lipinski definition) is 4. The fourth-order valence-corrected chi connectivity index (χ4v) is 3.45. The highest BCUT2D eigenvalue weighted by atomic mass is 35.5. The summed E-state index contributed by atoms with van der Waals surface area (Å²) >= 11 is 7.86. The summed E-state index contributed by atoms with van der Waals surface area (Å²) < 4.78 is 1.63. The van der Waals surface area contributed by atoms with E-state index < -0.39 is 12.0 Å². The van der Waals surface area contributed by atoms with Crippen molar-refractivity contribution < 1.29 is 9.90 Å². The first-order valence-corrected chi connectivity index (χ1v) is 7.26. The van der Waals surface area contributed by atoms with Crippen molar-refractivity contribution in [2.24, 2.45) is 7.05 Å². The van der Waals surface area contributed by atoms with Crippen molar-refractivity contribution in [2.75, 3.05) is 18.1 Å². The Bertz CT molecular complexity index is 463. The smallest absolute Gasteiger partial charge is 0.321 e. The van der Waals surface area contributed by atoms with Crippen LogP contribution in [0.25, 0.3) is 0 Å². The molecule has 7 heteroatoms. The van der Waals surface area contributed by atoms with E-state index in [1.165, 1.54) is 0 Å². The molecule has 0 amide bonds. The van der Waals surface area contributed by atoms with Crippen LogP contribution in [0, 0.1) is 6.92 Å². The lowest BCUT2D eigenvalue weighted by atomic mass is 10.2. The average molecular weight is 290 g/mol. The molecule has 18 heavy (non-hydrogen) atoms. The van der Waals surface area contributed by atoms with E-state index in [1.807, 2.05) is 11.8 Å². The zero-order chi connectivity index (χ0) is 13.3. The molecule has 0 spiro atoms. The van der Waals surface area contributed by atoms with Crippen LogP contribution in [0.2, 0.25) is 5.15 Å². The van der Waals surface area contributed by atoms with E-state index in [0.717, 1.165) is 23.6 Å². The SMILES string of the molecule is Cc1nn(C)c(Cl)c1CN1CCSCC1C(=O)O. The summed E-state index contributed by atoms with van der Waals surface area (Å²) in [5.74, 6) is 0.826. The minimum Gasteiger partial charge on any atom is -0.480 e. The minimum absolute atomic E-state index is 0.431. The van der Waals surface area contributed by atoms with Gasteiger partial charge in [-0.2, -0.15) is 16.9 Å². The first kappa shape index (κ1) is 13.7. The summed E-state index contributed by atoms with van der Waals surface area (Å²) in [6.07, 6.45) is 0.